The Hall–Kier alpha value is -3.40. The third-order valence-corrected chi connectivity index (χ3v) is 6.05. The Kier molecular flexibility index (Phi) is 5.88. The lowest BCUT2D eigenvalue weighted by atomic mass is 9.87. The van der Waals surface area contributed by atoms with E-state index in [1.54, 1.807) is 6.21 Å². The third-order valence-electron chi connectivity index (χ3n) is 6.05. The fraction of sp³-hybridized carbons (Fsp3) is 0.286. The lowest BCUT2D eigenvalue weighted by Crippen LogP contribution is -2.49. The molecule has 0 spiro atoms. The van der Waals surface area contributed by atoms with Crippen LogP contribution in [0, 0.1) is 0 Å². The maximum Gasteiger partial charge on any atom is 0.244 e. The van der Waals surface area contributed by atoms with Crippen LogP contribution in [-0.4, -0.2) is 23.7 Å². The number of benzene rings is 3. The fourth-order valence-corrected chi connectivity index (χ4v) is 4.93. The molecule has 4 nitrogen and oxygen atoms in total. The van der Waals surface area contributed by atoms with E-state index in [9.17, 15) is 4.79 Å². The van der Waals surface area contributed by atoms with E-state index < -0.39 is 0 Å². The maximum absolute atomic E-state index is 12.5. The molecule has 4 rings (SSSR count). The van der Waals surface area contributed by atoms with Gasteiger partial charge in [-0.1, -0.05) is 54.6 Å². The highest BCUT2D eigenvalue weighted by Gasteiger charge is 2.32. The van der Waals surface area contributed by atoms with E-state index in [0.717, 1.165) is 21.9 Å². The number of hydrogen-bond acceptors (Lipinski definition) is 3. The van der Waals surface area contributed by atoms with Crippen molar-refractivity contribution in [1.82, 2.24) is 5.43 Å². The average molecular weight is 426 g/mol. The molecular formula is C28H31N3O. The molecule has 3 aromatic carbocycles. The molecule has 0 saturated carbocycles. The molecule has 0 radical (unpaired) electrons. The number of allylic oxidation sites excluding steroid dienone is 1. The summed E-state index contributed by atoms with van der Waals surface area (Å²) < 4.78 is 0. The van der Waals surface area contributed by atoms with E-state index in [2.05, 4.69) is 86.5 Å². The number of hydrogen-bond donors (Lipinski definition) is 1. The van der Waals surface area contributed by atoms with Crippen LogP contribution in [0.15, 0.2) is 71.8 Å². The quantitative estimate of drug-likeness (QED) is 0.406. The summed E-state index contributed by atoms with van der Waals surface area (Å²) in [6.45, 7) is 11.1. The summed E-state index contributed by atoms with van der Waals surface area (Å²) in [5.74, 6) is -0.126. The molecule has 4 heteroatoms. The van der Waals surface area contributed by atoms with Gasteiger partial charge in [0.25, 0.3) is 0 Å². The standard InChI is InChI=1S/C28H31N3O/c1-19(2)31-26-14-13-21(15-25(26)20(3)17-28(31,4)5)18-29-30-27(32)16-23-11-8-10-22-9-6-7-12-24(22)23/h6-15,17-19H,16H2,1-5H3,(H,30,32)/b29-18-. The number of carbonyl (C=O) groups excluding carboxylic acids is 1. The molecule has 1 aliphatic rings. The van der Waals surface area contributed by atoms with Gasteiger partial charge >= 0.3 is 0 Å². The predicted octanol–water partition coefficient (Wildman–Crippen LogP) is 5.94. The topological polar surface area (TPSA) is 44.7 Å². The van der Waals surface area contributed by atoms with Crippen molar-refractivity contribution >= 4 is 34.2 Å². The molecule has 0 saturated heterocycles. The van der Waals surface area contributed by atoms with Crippen molar-refractivity contribution in [3.8, 4) is 0 Å². The van der Waals surface area contributed by atoms with Gasteiger partial charge < -0.3 is 4.90 Å². The van der Waals surface area contributed by atoms with E-state index >= 15 is 0 Å². The Morgan fingerprint density at radius 2 is 1.84 bits per heavy atom. The monoisotopic (exact) mass is 425 g/mol. The number of nitrogens with zero attached hydrogens (tertiary/aromatic N) is 2. The second-order valence-corrected chi connectivity index (χ2v) is 9.33. The van der Waals surface area contributed by atoms with Crippen LogP contribution in [-0.2, 0) is 11.2 Å². The van der Waals surface area contributed by atoms with Crippen molar-refractivity contribution in [2.24, 2.45) is 5.10 Å². The number of amides is 1. The Labute approximate surface area is 190 Å². The van der Waals surface area contributed by atoms with Crippen LogP contribution in [0.1, 0.15) is 51.3 Å². The number of rotatable bonds is 5. The molecule has 1 amide bonds. The van der Waals surface area contributed by atoms with Crippen LogP contribution in [0.2, 0.25) is 0 Å². The van der Waals surface area contributed by atoms with Crippen molar-refractivity contribution in [3.63, 3.8) is 0 Å². The van der Waals surface area contributed by atoms with E-state index in [0.29, 0.717) is 12.5 Å². The molecule has 1 heterocycles. The third kappa shape index (κ3) is 4.31. The summed E-state index contributed by atoms with van der Waals surface area (Å²) >= 11 is 0. The molecule has 3 aromatic rings. The smallest absolute Gasteiger partial charge is 0.244 e. The van der Waals surface area contributed by atoms with Crippen LogP contribution >= 0.6 is 0 Å². The first kappa shape index (κ1) is 21.8. The Morgan fingerprint density at radius 3 is 2.62 bits per heavy atom. The second kappa shape index (κ2) is 8.62. The lowest BCUT2D eigenvalue weighted by Gasteiger charge is -2.46. The van der Waals surface area contributed by atoms with Crippen molar-refractivity contribution in [3.05, 3.63) is 83.4 Å². The van der Waals surface area contributed by atoms with Gasteiger partial charge in [-0.2, -0.15) is 5.10 Å². The first-order chi connectivity index (χ1) is 15.3. The van der Waals surface area contributed by atoms with Crippen molar-refractivity contribution < 1.29 is 4.79 Å². The average Bonchev–Trinajstić information content (AvgIpc) is 2.73. The van der Waals surface area contributed by atoms with Crippen molar-refractivity contribution in [2.45, 2.75) is 52.6 Å². The summed E-state index contributed by atoms with van der Waals surface area (Å²) in [5.41, 5.74) is 8.33. The molecule has 0 unspecified atom stereocenters. The van der Waals surface area contributed by atoms with Gasteiger partial charge in [-0.15, -0.1) is 0 Å². The van der Waals surface area contributed by atoms with E-state index in [-0.39, 0.29) is 11.4 Å². The van der Waals surface area contributed by atoms with Gasteiger partial charge in [0, 0.05) is 17.3 Å². The van der Waals surface area contributed by atoms with Crippen LogP contribution in [0.25, 0.3) is 16.3 Å². The zero-order valence-corrected chi connectivity index (χ0v) is 19.5. The van der Waals surface area contributed by atoms with Crippen LogP contribution in [0.5, 0.6) is 0 Å². The molecule has 0 fully saturated rings. The summed E-state index contributed by atoms with van der Waals surface area (Å²) in [6, 6.07) is 20.9. The highest BCUT2D eigenvalue weighted by atomic mass is 16.2. The van der Waals surface area contributed by atoms with Gasteiger partial charge in [0.1, 0.15) is 0 Å². The van der Waals surface area contributed by atoms with Gasteiger partial charge in [-0.3, -0.25) is 4.79 Å². The molecule has 0 aliphatic carbocycles. The molecule has 164 valence electrons. The normalized spacial score (nSPS) is 15.2. The minimum absolute atomic E-state index is 0.0313. The molecule has 1 aliphatic heterocycles. The number of nitrogens with one attached hydrogen (secondary N) is 1. The number of fused-ring (bicyclic) bond motifs is 2. The predicted molar refractivity (Wildman–Crippen MR) is 135 cm³/mol. The molecule has 32 heavy (non-hydrogen) atoms. The van der Waals surface area contributed by atoms with Gasteiger partial charge in [-0.25, -0.2) is 5.43 Å². The first-order valence-corrected chi connectivity index (χ1v) is 11.2. The summed E-state index contributed by atoms with van der Waals surface area (Å²) in [6.07, 6.45) is 4.33. The second-order valence-electron chi connectivity index (χ2n) is 9.33. The molecular weight excluding hydrogens is 394 g/mol. The Bertz CT molecular complexity index is 1220. The molecule has 1 N–H and O–H groups in total. The van der Waals surface area contributed by atoms with Crippen LogP contribution in [0.4, 0.5) is 5.69 Å². The van der Waals surface area contributed by atoms with Crippen LogP contribution < -0.4 is 10.3 Å². The summed E-state index contributed by atoms with van der Waals surface area (Å²) in [5, 5.41) is 6.45. The fourth-order valence-electron chi connectivity index (χ4n) is 4.93. The zero-order chi connectivity index (χ0) is 22.9. The summed E-state index contributed by atoms with van der Waals surface area (Å²) in [4.78, 5) is 14.9. The SMILES string of the molecule is CC1=CC(C)(C)N(C(C)C)c2ccc(/C=N\NC(=O)Cc3cccc4ccccc34)cc21. The van der Waals surface area contributed by atoms with Crippen molar-refractivity contribution in [2.75, 3.05) is 4.90 Å². The number of anilines is 1. The molecule has 0 bridgehead atoms. The zero-order valence-electron chi connectivity index (χ0n) is 19.5. The van der Waals surface area contributed by atoms with E-state index in [4.69, 9.17) is 0 Å². The Morgan fingerprint density at radius 1 is 1.09 bits per heavy atom. The molecule has 0 aromatic heterocycles. The highest BCUT2D eigenvalue weighted by Crippen LogP contribution is 2.40. The Balaban J connectivity index is 1.49. The largest absolute Gasteiger partial charge is 0.360 e. The summed E-state index contributed by atoms with van der Waals surface area (Å²) in [7, 11) is 0. The molecule has 0 atom stereocenters. The minimum atomic E-state index is -0.126. The number of carbonyl (C=O) groups is 1. The first-order valence-electron chi connectivity index (χ1n) is 11.2. The van der Waals surface area contributed by atoms with Gasteiger partial charge in [0.2, 0.25) is 5.91 Å². The highest BCUT2D eigenvalue weighted by molar-refractivity contribution is 5.91. The van der Waals surface area contributed by atoms with Gasteiger partial charge in [-0.05, 0) is 74.2 Å². The van der Waals surface area contributed by atoms with Crippen LogP contribution in [0.3, 0.4) is 0 Å². The van der Waals surface area contributed by atoms with Crippen molar-refractivity contribution in [1.29, 1.82) is 0 Å². The minimum Gasteiger partial charge on any atom is -0.360 e. The lowest BCUT2D eigenvalue weighted by molar-refractivity contribution is -0.120. The van der Waals surface area contributed by atoms with E-state index in [1.165, 1.54) is 16.8 Å². The van der Waals surface area contributed by atoms with E-state index in [1.807, 2.05) is 30.3 Å². The maximum atomic E-state index is 12.5. The van der Waals surface area contributed by atoms with Gasteiger partial charge in [0.05, 0.1) is 18.2 Å². The number of hydrazone groups is 1. The van der Waals surface area contributed by atoms with Gasteiger partial charge in [0.15, 0.2) is 0 Å².